The summed E-state index contributed by atoms with van der Waals surface area (Å²) in [7, 11) is 0. The van der Waals surface area contributed by atoms with Crippen LogP contribution in [0.5, 0.6) is 5.75 Å². The number of carbonyl (C=O) groups is 1. The SMILES string of the molecule is NCCc1cc(Cl)ccc1OCC(=O)NC1CC1. The molecule has 0 atom stereocenters. The molecule has 1 amide bonds. The third kappa shape index (κ3) is 3.89. The number of hydrogen-bond acceptors (Lipinski definition) is 3. The third-order valence-corrected chi connectivity index (χ3v) is 2.97. The van der Waals surface area contributed by atoms with Gasteiger partial charge in [0.05, 0.1) is 0 Å². The fourth-order valence-electron chi connectivity index (χ4n) is 1.68. The smallest absolute Gasteiger partial charge is 0.258 e. The van der Waals surface area contributed by atoms with Crippen LogP contribution in [-0.2, 0) is 11.2 Å². The molecule has 0 aromatic heterocycles. The van der Waals surface area contributed by atoms with Crippen molar-refractivity contribution in [3.63, 3.8) is 0 Å². The molecule has 1 aliphatic rings. The lowest BCUT2D eigenvalue weighted by atomic mass is 10.1. The molecule has 3 N–H and O–H groups in total. The fraction of sp³-hybridized carbons (Fsp3) is 0.462. The second-order valence-electron chi connectivity index (χ2n) is 4.42. The standard InChI is InChI=1S/C13H17ClN2O2/c14-10-1-4-12(9(7-10)5-6-15)18-8-13(17)16-11-2-3-11/h1,4,7,11H,2-3,5-6,8,15H2,(H,16,17). The Balaban J connectivity index is 1.92. The Hall–Kier alpha value is -1.26. The number of halogens is 1. The summed E-state index contributed by atoms with van der Waals surface area (Å²) in [6.07, 6.45) is 2.83. The van der Waals surface area contributed by atoms with Crippen molar-refractivity contribution in [3.8, 4) is 5.75 Å². The van der Waals surface area contributed by atoms with Gasteiger partial charge in [-0.2, -0.15) is 0 Å². The maximum Gasteiger partial charge on any atom is 0.258 e. The van der Waals surface area contributed by atoms with Crippen LogP contribution in [0.2, 0.25) is 5.02 Å². The first-order chi connectivity index (χ1) is 8.69. The molecule has 4 nitrogen and oxygen atoms in total. The molecule has 2 rings (SSSR count). The highest BCUT2D eigenvalue weighted by molar-refractivity contribution is 6.30. The molecule has 0 bridgehead atoms. The van der Waals surface area contributed by atoms with Gasteiger partial charge in [-0.05, 0) is 49.6 Å². The zero-order valence-corrected chi connectivity index (χ0v) is 10.9. The summed E-state index contributed by atoms with van der Waals surface area (Å²) in [5.74, 6) is 0.599. The molecule has 18 heavy (non-hydrogen) atoms. The summed E-state index contributed by atoms with van der Waals surface area (Å²) in [6, 6.07) is 5.70. The molecule has 0 aliphatic heterocycles. The van der Waals surface area contributed by atoms with Crippen LogP contribution in [0.3, 0.4) is 0 Å². The average molecular weight is 269 g/mol. The Bertz CT molecular complexity index is 433. The molecule has 98 valence electrons. The lowest BCUT2D eigenvalue weighted by Gasteiger charge is -2.11. The lowest BCUT2D eigenvalue weighted by molar-refractivity contribution is -0.123. The van der Waals surface area contributed by atoms with Crippen LogP contribution in [-0.4, -0.2) is 25.1 Å². The number of rotatable bonds is 6. The van der Waals surface area contributed by atoms with E-state index in [4.69, 9.17) is 22.1 Å². The van der Waals surface area contributed by atoms with E-state index in [1.165, 1.54) is 0 Å². The van der Waals surface area contributed by atoms with E-state index >= 15 is 0 Å². The Morgan fingerprint density at radius 3 is 2.94 bits per heavy atom. The molecule has 0 heterocycles. The molecule has 0 unspecified atom stereocenters. The fourth-order valence-corrected chi connectivity index (χ4v) is 1.87. The van der Waals surface area contributed by atoms with Crippen molar-refractivity contribution in [2.24, 2.45) is 5.73 Å². The van der Waals surface area contributed by atoms with Gasteiger partial charge in [-0.15, -0.1) is 0 Å². The van der Waals surface area contributed by atoms with E-state index in [0.29, 0.717) is 29.8 Å². The van der Waals surface area contributed by atoms with Crippen LogP contribution < -0.4 is 15.8 Å². The van der Waals surface area contributed by atoms with Crippen LogP contribution in [0.1, 0.15) is 18.4 Å². The number of amides is 1. The Labute approximate surface area is 111 Å². The van der Waals surface area contributed by atoms with Crippen LogP contribution in [0.4, 0.5) is 0 Å². The molecule has 1 aromatic rings. The van der Waals surface area contributed by atoms with Crippen LogP contribution >= 0.6 is 11.6 Å². The average Bonchev–Trinajstić information content (AvgIpc) is 3.12. The normalized spacial score (nSPS) is 14.3. The van der Waals surface area contributed by atoms with Crippen molar-refractivity contribution >= 4 is 17.5 Å². The number of nitrogens with one attached hydrogen (secondary N) is 1. The van der Waals surface area contributed by atoms with Crippen molar-refractivity contribution in [2.45, 2.75) is 25.3 Å². The van der Waals surface area contributed by atoms with Gasteiger partial charge in [0.25, 0.3) is 5.91 Å². The zero-order valence-electron chi connectivity index (χ0n) is 10.1. The van der Waals surface area contributed by atoms with E-state index in [0.717, 1.165) is 18.4 Å². The summed E-state index contributed by atoms with van der Waals surface area (Å²) in [5, 5.41) is 3.52. The third-order valence-electron chi connectivity index (χ3n) is 2.74. The van der Waals surface area contributed by atoms with Crippen molar-refractivity contribution in [1.29, 1.82) is 0 Å². The molecule has 1 aliphatic carbocycles. The first-order valence-corrected chi connectivity index (χ1v) is 6.47. The number of benzene rings is 1. The van der Waals surface area contributed by atoms with E-state index in [2.05, 4.69) is 5.32 Å². The zero-order chi connectivity index (χ0) is 13.0. The number of nitrogens with two attached hydrogens (primary N) is 1. The van der Waals surface area contributed by atoms with E-state index < -0.39 is 0 Å². The van der Waals surface area contributed by atoms with Crippen molar-refractivity contribution in [1.82, 2.24) is 5.32 Å². The van der Waals surface area contributed by atoms with E-state index in [1.54, 1.807) is 12.1 Å². The largest absolute Gasteiger partial charge is 0.483 e. The summed E-state index contributed by atoms with van der Waals surface area (Å²) < 4.78 is 5.51. The minimum absolute atomic E-state index is 0.0374. The molecular weight excluding hydrogens is 252 g/mol. The van der Waals surface area contributed by atoms with Crippen molar-refractivity contribution < 1.29 is 9.53 Å². The van der Waals surface area contributed by atoms with Gasteiger partial charge in [0.2, 0.25) is 0 Å². The van der Waals surface area contributed by atoms with E-state index in [-0.39, 0.29) is 12.5 Å². The minimum Gasteiger partial charge on any atom is -0.483 e. The topological polar surface area (TPSA) is 64.3 Å². The van der Waals surface area contributed by atoms with E-state index in [9.17, 15) is 4.79 Å². The number of carbonyl (C=O) groups excluding carboxylic acids is 1. The van der Waals surface area contributed by atoms with Gasteiger partial charge >= 0.3 is 0 Å². The predicted octanol–water partition coefficient (Wildman–Crippen LogP) is 1.50. The van der Waals surface area contributed by atoms with Gasteiger partial charge in [0.15, 0.2) is 6.61 Å². The van der Waals surface area contributed by atoms with Gasteiger partial charge in [0.1, 0.15) is 5.75 Å². The molecule has 5 heteroatoms. The summed E-state index contributed by atoms with van der Waals surface area (Å²) in [5.41, 5.74) is 6.47. The Morgan fingerprint density at radius 1 is 1.50 bits per heavy atom. The van der Waals surface area contributed by atoms with E-state index in [1.807, 2.05) is 6.07 Å². The highest BCUT2D eigenvalue weighted by Crippen LogP contribution is 2.23. The minimum atomic E-state index is -0.0776. The van der Waals surface area contributed by atoms with Crippen molar-refractivity contribution in [2.75, 3.05) is 13.2 Å². The summed E-state index contributed by atoms with van der Waals surface area (Å²) in [6.45, 7) is 0.556. The second-order valence-corrected chi connectivity index (χ2v) is 4.86. The molecular formula is C13H17ClN2O2. The maximum absolute atomic E-state index is 11.5. The first kappa shape index (κ1) is 13.2. The first-order valence-electron chi connectivity index (χ1n) is 6.09. The monoisotopic (exact) mass is 268 g/mol. The van der Waals surface area contributed by atoms with Gasteiger partial charge in [0, 0.05) is 11.1 Å². The van der Waals surface area contributed by atoms with Crippen LogP contribution in [0.25, 0.3) is 0 Å². The predicted molar refractivity (Wildman–Crippen MR) is 70.9 cm³/mol. The Morgan fingerprint density at radius 2 is 2.28 bits per heavy atom. The molecule has 0 spiro atoms. The van der Waals surface area contributed by atoms with Crippen LogP contribution in [0, 0.1) is 0 Å². The Kier molecular flexibility index (Phi) is 4.44. The number of hydrogen-bond donors (Lipinski definition) is 2. The quantitative estimate of drug-likeness (QED) is 0.822. The summed E-state index contributed by atoms with van der Waals surface area (Å²) in [4.78, 5) is 11.5. The molecule has 1 fully saturated rings. The van der Waals surface area contributed by atoms with Gasteiger partial charge in [-0.3, -0.25) is 4.79 Å². The molecule has 1 saturated carbocycles. The highest BCUT2D eigenvalue weighted by atomic mass is 35.5. The summed E-state index contributed by atoms with van der Waals surface area (Å²) >= 11 is 5.92. The maximum atomic E-state index is 11.5. The van der Waals surface area contributed by atoms with Gasteiger partial charge < -0.3 is 15.8 Å². The highest BCUT2D eigenvalue weighted by Gasteiger charge is 2.23. The molecule has 1 aromatic carbocycles. The van der Waals surface area contributed by atoms with Crippen molar-refractivity contribution in [3.05, 3.63) is 28.8 Å². The molecule has 0 radical (unpaired) electrons. The second kappa shape index (κ2) is 6.07. The van der Waals surface area contributed by atoms with Gasteiger partial charge in [-0.25, -0.2) is 0 Å². The van der Waals surface area contributed by atoms with Crippen LogP contribution in [0.15, 0.2) is 18.2 Å². The number of ether oxygens (including phenoxy) is 1. The van der Waals surface area contributed by atoms with Gasteiger partial charge in [-0.1, -0.05) is 11.6 Å². The molecule has 0 saturated heterocycles. The lowest BCUT2D eigenvalue weighted by Crippen LogP contribution is -2.30.